The van der Waals surface area contributed by atoms with Crippen molar-refractivity contribution in [2.24, 2.45) is 0 Å². The summed E-state index contributed by atoms with van der Waals surface area (Å²) in [6, 6.07) is 10.4. The molecule has 1 amide bonds. The van der Waals surface area contributed by atoms with Crippen LogP contribution >= 0.6 is 0 Å². The van der Waals surface area contributed by atoms with Gasteiger partial charge in [0.2, 0.25) is 0 Å². The third-order valence-electron chi connectivity index (χ3n) is 4.62. The van der Waals surface area contributed by atoms with E-state index in [0.29, 0.717) is 32.0 Å². The number of carbonyl (C=O) groups excluding carboxylic acids is 1. The lowest BCUT2D eigenvalue weighted by Crippen LogP contribution is -2.50. The van der Waals surface area contributed by atoms with Crippen LogP contribution in [-0.4, -0.2) is 53.0 Å². The first-order chi connectivity index (χ1) is 14.0. The van der Waals surface area contributed by atoms with Crippen molar-refractivity contribution in [1.29, 1.82) is 0 Å². The lowest BCUT2D eigenvalue weighted by atomic mass is 10.0. The number of amides is 1. The average Bonchev–Trinajstić information content (AvgIpc) is 2.67. The Morgan fingerprint density at radius 2 is 1.67 bits per heavy atom. The van der Waals surface area contributed by atoms with E-state index >= 15 is 0 Å². The molecule has 1 fully saturated rings. The van der Waals surface area contributed by atoms with E-state index < -0.39 is 23.6 Å². The van der Waals surface area contributed by atoms with Crippen molar-refractivity contribution in [2.75, 3.05) is 31.1 Å². The van der Waals surface area contributed by atoms with Crippen LogP contribution in [0.5, 0.6) is 0 Å². The van der Waals surface area contributed by atoms with Crippen LogP contribution in [0.15, 0.2) is 36.4 Å². The minimum absolute atomic E-state index is 0.0771. The highest BCUT2D eigenvalue weighted by Gasteiger charge is 2.37. The van der Waals surface area contributed by atoms with Gasteiger partial charge in [0.25, 0.3) is 0 Å². The molecule has 1 aliphatic rings. The molecule has 0 atom stereocenters. The highest BCUT2D eigenvalue weighted by molar-refractivity contribution is 5.68. The number of nitrogens with zero attached hydrogens (tertiary/aromatic N) is 4. The van der Waals surface area contributed by atoms with E-state index in [1.807, 2.05) is 11.0 Å². The third kappa shape index (κ3) is 5.61. The lowest BCUT2D eigenvalue weighted by molar-refractivity contribution is -0.142. The fourth-order valence-electron chi connectivity index (χ4n) is 3.21. The Morgan fingerprint density at radius 3 is 2.23 bits per heavy atom. The molecule has 0 aliphatic carbocycles. The smallest absolute Gasteiger partial charge is 0.435 e. The second-order valence-electron chi connectivity index (χ2n) is 8.19. The Balaban J connectivity index is 1.75. The predicted molar refractivity (Wildman–Crippen MR) is 106 cm³/mol. The number of piperazine rings is 1. The molecule has 2 aromatic rings. The summed E-state index contributed by atoms with van der Waals surface area (Å²) in [6.45, 7) is 7.05. The van der Waals surface area contributed by atoms with Gasteiger partial charge in [-0.15, -0.1) is 10.2 Å². The SMILES string of the molecule is CC(C)(C)OC(=O)N1CCN(c2cc(Cc3ccccc3)c(C(F)(F)F)nn2)CC1. The first-order valence-corrected chi connectivity index (χ1v) is 9.73. The van der Waals surface area contributed by atoms with Gasteiger partial charge in [-0.1, -0.05) is 30.3 Å². The number of carbonyl (C=O) groups is 1. The summed E-state index contributed by atoms with van der Waals surface area (Å²) in [5.74, 6) is 0.373. The molecule has 0 saturated carbocycles. The summed E-state index contributed by atoms with van der Waals surface area (Å²) in [7, 11) is 0. The third-order valence-corrected chi connectivity index (χ3v) is 4.62. The van der Waals surface area contributed by atoms with Gasteiger partial charge in [0.1, 0.15) is 5.60 Å². The zero-order valence-corrected chi connectivity index (χ0v) is 17.2. The van der Waals surface area contributed by atoms with E-state index in [1.54, 1.807) is 49.9 Å². The van der Waals surface area contributed by atoms with Crippen LogP contribution in [0.25, 0.3) is 0 Å². The van der Waals surface area contributed by atoms with E-state index in [-0.39, 0.29) is 12.0 Å². The first-order valence-electron chi connectivity index (χ1n) is 9.73. The Bertz CT molecular complexity index is 874. The molecule has 1 aromatic heterocycles. The standard InChI is InChI=1S/C21H25F3N4O2/c1-20(2,3)30-19(29)28-11-9-27(10-12-28)17-14-16(13-15-7-5-4-6-8-15)18(26-25-17)21(22,23)24/h4-8,14H,9-13H2,1-3H3. The van der Waals surface area contributed by atoms with Crippen LogP contribution in [0.4, 0.5) is 23.8 Å². The molecule has 9 heteroatoms. The van der Waals surface area contributed by atoms with E-state index in [0.717, 1.165) is 5.56 Å². The first kappa shape index (κ1) is 21.9. The van der Waals surface area contributed by atoms with Crippen molar-refractivity contribution >= 4 is 11.9 Å². The van der Waals surface area contributed by atoms with E-state index in [1.165, 1.54) is 6.07 Å². The minimum Gasteiger partial charge on any atom is -0.444 e. The normalized spacial score (nSPS) is 15.3. The summed E-state index contributed by atoms with van der Waals surface area (Å²) in [5, 5.41) is 7.32. The van der Waals surface area contributed by atoms with Gasteiger partial charge in [0, 0.05) is 26.2 Å². The molecule has 1 saturated heterocycles. The number of hydrogen-bond donors (Lipinski definition) is 0. The van der Waals surface area contributed by atoms with Gasteiger partial charge in [-0.05, 0) is 44.4 Å². The number of halogens is 3. The highest BCUT2D eigenvalue weighted by Crippen LogP contribution is 2.32. The maximum absolute atomic E-state index is 13.4. The molecular weight excluding hydrogens is 397 g/mol. The Labute approximate surface area is 173 Å². The summed E-state index contributed by atoms with van der Waals surface area (Å²) in [6.07, 6.45) is -4.87. The fourth-order valence-corrected chi connectivity index (χ4v) is 3.21. The number of benzene rings is 1. The van der Waals surface area contributed by atoms with Crippen molar-refractivity contribution in [1.82, 2.24) is 15.1 Å². The summed E-state index contributed by atoms with van der Waals surface area (Å²) < 4.78 is 45.7. The molecule has 162 valence electrons. The molecule has 1 aromatic carbocycles. The molecule has 0 unspecified atom stereocenters. The van der Waals surface area contributed by atoms with Crippen LogP contribution in [0.2, 0.25) is 0 Å². The summed E-state index contributed by atoms with van der Waals surface area (Å²) in [4.78, 5) is 15.6. The van der Waals surface area contributed by atoms with Gasteiger partial charge in [-0.3, -0.25) is 0 Å². The molecule has 0 N–H and O–H groups in total. The maximum Gasteiger partial charge on any atom is 0.435 e. The second-order valence-corrected chi connectivity index (χ2v) is 8.19. The van der Waals surface area contributed by atoms with Crippen molar-refractivity contribution in [2.45, 2.75) is 39.0 Å². The topological polar surface area (TPSA) is 58.6 Å². The summed E-state index contributed by atoms with van der Waals surface area (Å²) in [5.41, 5.74) is -0.716. The minimum atomic E-state index is -4.58. The Morgan fingerprint density at radius 1 is 1.03 bits per heavy atom. The molecule has 1 aliphatic heterocycles. The quantitative estimate of drug-likeness (QED) is 0.744. The molecule has 0 radical (unpaired) electrons. The number of aromatic nitrogens is 2. The molecule has 3 rings (SSSR count). The van der Waals surface area contributed by atoms with Crippen LogP contribution < -0.4 is 4.90 Å². The van der Waals surface area contributed by atoms with Crippen LogP contribution in [0.1, 0.15) is 37.6 Å². The van der Waals surface area contributed by atoms with Crippen molar-refractivity contribution in [3.8, 4) is 0 Å². The average molecular weight is 422 g/mol. The number of alkyl halides is 3. The molecular formula is C21H25F3N4O2. The summed E-state index contributed by atoms with van der Waals surface area (Å²) >= 11 is 0. The number of anilines is 1. The number of hydrogen-bond acceptors (Lipinski definition) is 5. The van der Waals surface area contributed by atoms with Crippen molar-refractivity contribution < 1.29 is 22.7 Å². The zero-order chi connectivity index (χ0) is 21.9. The fraction of sp³-hybridized carbons (Fsp3) is 0.476. The van der Waals surface area contributed by atoms with Gasteiger partial charge in [-0.2, -0.15) is 13.2 Å². The Kier molecular flexibility index (Phi) is 6.19. The molecule has 30 heavy (non-hydrogen) atoms. The van der Waals surface area contributed by atoms with Gasteiger partial charge in [0.15, 0.2) is 11.5 Å². The Hall–Kier alpha value is -2.84. The zero-order valence-electron chi connectivity index (χ0n) is 17.2. The maximum atomic E-state index is 13.4. The second kappa shape index (κ2) is 8.49. The molecule has 0 spiro atoms. The predicted octanol–water partition coefficient (Wildman–Crippen LogP) is 4.14. The van der Waals surface area contributed by atoms with E-state index in [2.05, 4.69) is 10.2 Å². The molecule has 0 bridgehead atoms. The van der Waals surface area contributed by atoms with Crippen LogP contribution in [-0.2, 0) is 17.3 Å². The van der Waals surface area contributed by atoms with Crippen LogP contribution in [0, 0.1) is 0 Å². The van der Waals surface area contributed by atoms with E-state index in [9.17, 15) is 18.0 Å². The number of ether oxygens (including phenoxy) is 1. The van der Waals surface area contributed by atoms with Gasteiger partial charge >= 0.3 is 12.3 Å². The number of rotatable bonds is 3. The van der Waals surface area contributed by atoms with Gasteiger partial charge in [-0.25, -0.2) is 4.79 Å². The lowest BCUT2D eigenvalue weighted by Gasteiger charge is -2.36. The van der Waals surface area contributed by atoms with Crippen molar-refractivity contribution in [3.05, 3.63) is 53.2 Å². The van der Waals surface area contributed by atoms with E-state index in [4.69, 9.17) is 4.74 Å². The molecule has 2 heterocycles. The van der Waals surface area contributed by atoms with Crippen molar-refractivity contribution in [3.63, 3.8) is 0 Å². The van der Waals surface area contributed by atoms with Gasteiger partial charge < -0.3 is 14.5 Å². The van der Waals surface area contributed by atoms with Crippen LogP contribution in [0.3, 0.4) is 0 Å². The monoisotopic (exact) mass is 422 g/mol. The molecule has 6 nitrogen and oxygen atoms in total. The largest absolute Gasteiger partial charge is 0.444 e. The van der Waals surface area contributed by atoms with Gasteiger partial charge in [0.05, 0.1) is 0 Å². The highest BCUT2D eigenvalue weighted by atomic mass is 19.4.